The summed E-state index contributed by atoms with van der Waals surface area (Å²) in [4.78, 5) is 55.8. The van der Waals surface area contributed by atoms with E-state index in [1.807, 2.05) is 85.8 Å². The van der Waals surface area contributed by atoms with Gasteiger partial charge in [-0.2, -0.15) is 0 Å². The Balaban J connectivity index is 1.28. The zero-order valence-electron chi connectivity index (χ0n) is 30.1. The van der Waals surface area contributed by atoms with Gasteiger partial charge in [-0.05, 0) is 63.3 Å². The summed E-state index contributed by atoms with van der Waals surface area (Å²) in [6.45, 7) is 3.40. The average molecular weight is 715 g/mol. The highest BCUT2D eigenvalue weighted by Gasteiger charge is 2.38. The number of hydrogen-bond acceptors (Lipinski definition) is 8. The number of benzene rings is 4. The normalized spacial score (nSPS) is 13.0. The van der Waals surface area contributed by atoms with E-state index in [0.717, 1.165) is 16.3 Å². The molecule has 0 radical (unpaired) electrons. The number of nitrogens with zero attached hydrogens (tertiary/aromatic N) is 2. The van der Waals surface area contributed by atoms with Crippen LogP contribution >= 0.6 is 0 Å². The Morgan fingerprint density at radius 2 is 1.53 bits per heavy atom. The van der Waals surface area contributed by atoms with Crippen LogP contribution in [0.5, 0.6) is 0 Å². The highest BCUT2D eigenvalue weighted by atomic mass is 16.6. The SMILES string of the molecule is CC(NC(=O)C(C)(Cc1cn(C(=O)c2ccccc2COC(=O)CN(C)C)c2ccccc12)NC(=O)OCc1cc2ccccc2o1)c1ccccc1. The molecule has 2 aromatic heterocycles. The summed E-state index contributed by atoms with van der Waals surface area (Å²) < 4.78 is 18.4. The fourth-order valence-electron chi connectivity index (χ4n) is 6.25. The molecule has 2 heterocycles. The Labute approximate surface area is 307 Å². The number of rotatable bonds is 13. The van der Waals surface area contributed by atoms with Gasteiger partial charge in [-0.15, -0.1) is 0 Å². The van der Waals surface area contributed by atoms with E-state index in [1.54, 1.807) is 62.4 Å². The molecule has 0 spiro atoms. The van der Waals surface area contributed by atoms with Crippen molar-refractivity contribution in [2.75, 3.05) is 20.6 Å². The van der Waals surface area contributed by atoms with E-state index in [0.29, 0.717) is 33.6 Å². The van der Waals surface area contributed by atoms with Crippen LogP contribution in [0, 0.1) is 0 Å². The maximum atomic E-state index is 14.2. The van der Waals surface area contributed by atoms with Gasteiger partial charge in [-0.25, -0.2) is 4.79 Å². The summed E-state index contributed by atoms with van der Waals surface area (Å²) in [5.41, 5.74) is 2.21. The van der Waals surface area contributed by atoms with Gasteiger partial charge in [0.05, 0.1) is 18.1 Å². The second-order valence-corrected chi connectivity index (χ2v) is 13.5. The third kappa shape index (κ3) is 8.65. The quantitative estimate of drug-likeness (QED) is 0.125. The number of para-hydroxylation sites is 2. The van der Waals surface area contributed by atoms with Gasteiger partial charge in [0.2, 0.25) is 5.91 Å². The second-order valence-electron chi connectivity index (χ2n) is 13.5. The molecule has 0 aliphatic carbocycles. The maximum Gasteiger partial charge on any atom is 0.408 e. The molecule has 2 amide bonds. The Morgan fingerprint density at radius 3 is 2.30 bits per heavy atom. The molecule has 6 rings (SSSR count). The van der Waals surface area contributed by atoms with Gasteiger partial charge < -0.3 is 24.5 Å². The molecule has 11 nitrogen and oxygen atoms in total. The van der Waals surface area contributed by atoms with Crippen molar-refractivity contribution in [3.8, 4) is 0 Å². The Hall–Kier alpha value is -6.20. The molecule has 2 N–H and O–H groups in total. The van der Waals surface area contributed by atoms with E-state index in [4.69, 9.17) is 13.9 Å². The van der Waals surface area contributed by atoms with Crippen LogP contribution in [-0.4, -0.2) is 59.5 Å². The number of carbonyl (C=O) groups is 4. The minimum absolute atomic E-state index is 0.0185. The summed E-state index contributed by atoms with van der Waals surface area (Å²) in [6.07, 6.45) is 0.896. The lowest BCUT2D eigenvalue weighted by molar-refractivity contribution is -0.145. The zero-order valence-corrected chi connectivity index (χ0v) is 30.1. The molecule has 2 atom stereocenters. The van der Waals surface area contributed by atoms with Crippen molar-refractivity contribution in [3.05, 3.63) is 143 Å². The summed E-state index contributed by atoms with van der Waals surface area (Å²) in [7, 11) is 3.54. The van der Waals surface area contributed by atoms with Gasteiger partial charge in [0, 0.05) is 34.5 Å². The first kappa shape index (κ1) is 36.6. The largest absolute Gasteiger partial charge is 0.460 e. The molecule has 0 saturated heterocycles. The van der Waals surface area contributed by atoms with Crippen molar-refractivity contribution >= 4 is 45.7 Å². The number of fused-ring (bicyclic) bond motifs is 2. The average Bonchev–Trinajstić information content (AvgIpc) is 3.74. The second kappa shape index (κ2) is 16.0. The fourth-order valence-corrected chi connectivity index (χ4v) is 6.25. The van der Waals surface area contributed by atoms with Crippen LogP contribution in [0.4, 0.5) is 4.79 Å². The Bertz CT molecular complexity index is 2220. The number of alkyl carbamates (subject to hydrolysis) is 1. The topological polar surface area (TPSA) is 132 Å². The summed E-state index contributed by atoms with van der Waals surface area (Å²) in [5, 5.41) is 7.48. The predicted molar refractivity (Wildman–Crippen MR) is 201 cm³/mol. The summed E-state index contributed by atoms with van der Waals surface area (Å²) >= 11 is 0. The highest BCUT2D eigenvalue weighted by Crippen LogP contribution is 2.28. The lowest BCUT2D eigenvalue weighted by Crippen LogP contribution is -2.58. The highest BCUT2D eigenvalue weighted by molar-refractivity contribution is 6.04. The maximum absolute atomic E-state index is 14.2. The van der Waals surface area contributed by atoms with E-state index >= 15 is 0 Å². The third-order valence-corrected chi connectivity index (χ3v) is 8.99. The van der Waals surface area contributed by atoms with Gasteiger partial charge in [0.25, 0.3) is 5.91 Å². The molecule has 11 heteroatoms. The molecule has 2 unspecified atom stereocenters. The monoisotopic (exact) mass is 714 g/mol. The van der Waals surface area contributed by atoms with E-state index in [2.05, 4.69) is 10.6 Å². The first-order valence-electron chi connectivity index (χ1n) is 17.3. The smallest absolute Gasteiger partial charge is 0.408 e. The minimum atomic E-state index is -1.52. The van der Waals surface area contributed by atoms with Gasteiger partial charge in [0.1, 0.15) is 23.5 Å². The molecule has 0 saturated carbocycles. The van der Waals surface area contributed by atoms with E-state index in [-0.39, 0.29) is 38.1 Å². The molecule has 0 bridgehead atoms. The molecule has 0 aliphatic heterocycles. The molecule has 0 aliphatic rings. The van der Waals surface area contributed by atoms with Crippen LogP contribution < -0.4 is 10.6 Å². The standard InChI is InChI=1S/C42H42N4O7/c1-28(29-14-6-5-7-15-29)43-40(49)42(2,44-41(50)52-27-33-22-30-16-9-13-21-37(30)53-33)23-32-24-46(36-20-12-11-18-34(32)36)39(48)35-19-10-8-17-31(35)26-51-38(47)25-45(3)4/h5-22,24,28H,23,25-27H2,1-4H3,(H,43,49)(H,44,50). The first-order chi connectivity index (χ1) is 25.5. The molecule has 272 valence electrons. The van der Waals surface area contributed by atoms with E-state index in [1.165, 1.54) is 4.57 Å². The van der Waals surface area contributed by atoms with Gasteiger partial charge in [-0.3, -0.25) is 23.9 Å². The number of nitrogens with one attached hydrogen (secondary N) is 2. The minimum Gasteiger partial charge on any atom is -0.460 e. The Morgan fingerprint density at radius 1 is 0.830 bits per heavy atom. The van der Waals surface area contributed by atoms with Gasteiger partial charge >= 0.3 is 12.1 Å². The third-order valence-electron chi connectivity index (χ3n) is 8.99. The lowest BCUT2D eigenvalue weighted by atomic mass is 9.91. The first-order valence-corrected chi connectivity index (χ1v) is 17.3. The molecule has 4 aromatic carbocycles. The summed E-state index contributed by atoms with van der Waals surface area (Å²) in [5.74, 6) is -0.732. The van der Waals surface area contributed by atoms with Crippen molar-refractivity contribution < 1.29 is 33.1 Å². The molecular weight excluding hydrogens is 672 g/mol. The number of aromatic nitrogens is 1. The van der Waals surface area contributed by atoms with Crippen molar-refractivity contribution in [1.29, 1.82) is 0 Å². The zero-order chi connectivity index (χ0) is 37.5. The van der Waals surface area contributed by atoms with Crippen molar-refractivity contribution in [1.82, 2.24) is 20.1 Å². The molecule has 0 fully saturated rings. The Kier molecular flexibility index (Phi) is 11.0. The van der Waals surface area contributed by atoms with E-state index < -0.39 is 23.5 Å². The summed E-state index contributed by atoms with van der Waals surface area (Å²) in [6, 6.07) is 32.8. The predicted octanol–water partition coefficient (Wildman–Crippen LogP) is 6.79. The van der Waals surface area contributed by atoms with Crippen LogP contribution in [0.2, 0.25) is 0 Å². The van der Waals surface area contributed by atoms with Crippen LogP contribution in [-0.2, 0) is 38.7 Å². The van der Waals surface area contributed by atoms with Gasteiger partial charge in [-0.1, -0.05) is 84.9 Å². The van der Waals surface area contributed by atoms with Crippen LogP contribution in [0.25, 0.3) is 21.9 Å². The number of ether oxygens (including phenoxy) is 2. The van der Waals surface area contributed by atoms with Crippen LogP contribution in [0.15, 0.2) is 120 Å². The number of furan rings is 1. The molecule has 53 heavy (non-hydrogen) atoms. The van der Waals surface area contributed by atoms with Gasteiger partial charge in [0.15, 0.2) is 6.61 Å². The van der Waals surface area contributed by atoms with Crippen molar-refractivity contribution in [3.63, 3.8) is 0 Å². The lowest BCUT2D eigenvalue weighted by Gasteiger charge is -2.30. The fraction of sp³-hybridized carbons (Fsp3) is 0.238. The van der Waals surface area contributed by atoms with Crippen LogP contribution in [0.1, 0.15) is 52.7 Å². The number of carbonyl (C=O) groups excluding carboxylic acids is 4. The van der Waals surface area contributed by atoms with E-state index in [9.17, 15) is 19.2 Å². The number of esters is 1. The van der Waals surface area contributed by atoms with Crippen LogP contribution in [0.3, 0.4) is 0 Å². The number of amides is 2. The molecular formula is C42H42N4O7. The van der Waals surface area contributed by atoms with Crippen molar-refractivity contribution in [2.45, 2.75) is 45.1 Å². The van der Waals surface area contributed by atoms with Crippen molar-refractivity contribution in [2.24, 2.45) is 0 Å². The number of likely N-dealkylation sites (N-methyl/N-ethyl adjacent to an activating group) is 1. The number of hydrogen-bond donors (Lipinski definition) is 2. The molecule has 6 aromatic rings.